The molecule has 2 rings (SSSR count). The summed E-state index contributed by atoms with van der Waals surface area (Å²) in [6.07, 6.45) is 0. The third-order valence-corrected chi connectivity index (χ3v) is 3.59. The van der Waals surface area contributed by atoms with Gasteiger partial charge in [-0.25, -0.2) is 0 Å². The molecular formula is C13H12ClNOS. The molecule has 17 heavy (non-hydrogen) atoms. The number of benzene rings is 1. The monoisotopic (exact) mass is 265 g/mol. The number of Topliss-reactive ketones (excluding diaryl/α,β-unsaturated/α-hetero) is 1. The number of hydrogen-bond donors (Lipinski definition) is 1. The van der Waals surface area contributed by atoms with E-state index in [4.69, 9.17) is 11.6 Å². The minimum absolute atomic E-state index is 0.0587. The Bertz CT molecular complexity index is 536. The van der Waals surface area contributed by atoms with Crippen LogP contribution in [0.4, 0.5) is 5.69 Å². The van der Waals surface area contributed by atoms with Gasteiger partial charge >= 0.3 is 0 Å². The minimum Gasteiger partial charge on any atom is -0.378 e. The summed E-state index contributed by atoms with van der Waals surface area (Å²) in [6.45, 7) is 2.31. The van der Waals surface area contributed by atoms with Crippen LogP contribution in [0.5, 0.6) is 0 Å². The van der Waals surface area contributed by atoms with E-state index in [1.165, 1.54) is 16.9 Å². The molecule has 0 spiro atoms. The zero-order chi connectivity index (χ0) is 12.3. The Kier molecular flexibility index (Phi) is 3.82. The van der Waals surface area contributed by atoms with Crippen molar-refractivity contribution in [1.82, 2.24) is 0 Å². The van der Waals surface area contributed by atoms with Crippen LogP contribution in [-0.4, -0.2) is 12.3 Å². The predicted octanol–water partition coefficient (Wildman–Crippen LogP) is 4.00. The normalized spacial score (nSPS) is 10.2. The number of nitrogens with one attached hydrogen (secondary N) is 1. The van der Waals surface area contributed by atoms with Crippen LogP contribution in [0, 0.1) is 6.92 Å². The lowest BCUT2D eigenvalue weighted by atomic mass is 10.2. The van der Waals surface area contributed by atoms with Crippen LogP contribution >= 0.6 is 22.9 Å². The Morgan fingerprint density at radius 1 is 1.35 bits per heavy atom. The Morgan fingerprint density at radius 3 is 2.82 bits per heavy atom. The first-order valence-corrected chi connectivity index (χ1v) is 6.43. The van der Waals surface area contributed by atoms with Crippen LogP contribution in [0.2, 0.25) is 4.34 Å². The van der Waals surface area contributed by atoms with Crippen molar-refractivity contribution in [2.24, 2.45) is 0 Å². The van der Waals surface area contributed by atoms with Gasteiger partial charge in [0.1, 0.15) is 0 Å². The van der Waals surface area contributed by atoms with Crippen molar-refractivity contribution >= 4 is 34.4 Å². The molecule has 4 heteroatoms. The van der Waals surface area contributed by atoms with Crippen molar-refractivity contribution in [2.75, 3.05) is 11.9 Å². The second-order valence-electron chi connectivity index (χ2n) is 3.75. The molecular weight excluding hydrogens is 254 g/mol. The topological polar surface area (TPSA) is 29.1 Å². The van der Waals surface area contributed by atoms with Crippen molar-refractivity contribution in [2.45, 2.75) is 6.92 Å². The van der Waals surface area contributed by atoms with Crippen LogP contribution in [0.1, 0.15) is 15.2 Å². The highest BCUT2D eigenvalue weighted by Crippen LogP contribution is 2.21. The van der Waals surface area contributed by atoms with Gasteiger partial charge < -0.3 is 5.32 Å². The number of ketones is 1. The van der Waals surface area contributed by atoms with Gasteiger partial charge in [-0.05, 0) is 36.8 Å². The average Bonchev–Trinajstić information content (AvgIpc) is 2.73. The molecule has 0 bridgehead atoms. The average molecular weight is 266 g/mol. The molecule has 0 atom stereocenters. The smallest absolute Gasteiger partial charge is 0.191 e. The Morgan fingerprint density at radius 2 is 2.18 bits per heavy atom. The molecule has 0 unspecified atom stereocenters. The number of aryl methyl sites for hydroxylation is 1. The molecule has 0 radical (unpaired) electrons. The van der Waals surface area contributed by atoms with E-state index in [1.807, 2.05) is 31.2 Å². The van der Waals surface area contributed by atoms with Crippen LogP contribution in [0.25, 0.3) is 0 Å². The first-order valence-electron chi connectivity index (χ1n) is 5.24. The molecule has 1 N–H and O–H groups in total. The van der Waals surface area contributed by atoms with E-state index < -0.39 is 0 Å². The zero-order valence-electron chi connectivity index (χ0n) is 9.37. The third-order valence-electron chi connectivity index (χ3n) is 2.32. The molecule has 1 aromatic heterocycles. The second kappa shape index (κ2) is 5.34. The summed E-state index contributed by atoms with van der Waals surface area (Å²) in [6, 6.07) is 11.4. The minimum atomic E-state index is 0.0587. The van der Waals surface area contributed by atoms with Gasteiger partial charge in [-0.15, -0.1) is 11.3 Å². The molecule has 2 aromatic rings. The standard InChI is InChI=1S/C13H12ClNOS/c1-9-3-2-4-10(7-9)15-8-11(16)12-5-6-13(14)17-12/h2-7,15H,8H2,1H3. The van der Waals surface area contributed by atoms with E-state index in [2.05, 4.69) is 5.32 Å². The molecule has 88 valence electrons. The fourth-order valence-corrected chi connectivity index (χ4v) is 2.47. The fourth-order valence-electron chi connectivity index (χ4n) is 1.49. The number of anilines is 1. The van der Waals surface area contributed by atoms with Gasteiger partial charge in [0.05, 0.1) is 15.8 Å². The van der Waals surface area contributed by atoms with Crippen molar-refractivity contribution in [1.29, 1.82) is 0 Å². The maximum atomic E-state index is 11.8. The van der Waals surface area contributed by atoms with Crippen molar-refractivity contribution in [3.8, 4) is 0 Å². The second-order valence-corrected chi connectivity index (χ2v) is 5.47. The molecule has 1 heterocycles. The summed E-state index contributed by atoms with van der Waals surface area (Å²) < 4.78 is 0.643. The zero-order valence-corrected chi connectivity index (χ0v) is 10.9. The summed E-state index contributed by atoms with van der Waals surface area (Å²) in [7, 11) is 0. The summed E-state index contributed by atoms with van der Waals surface area (Å²) in [5.74, 6) is 0.0587. The number of thiophene rings is 1. The maximum absolute atomic E-state index is 11.8. The lowest BCUT2D eigenvalue weighted by Crippen LogP contribution is -2.12. The molecule has 0 aliphatic heterocycles. The van der Waals surface area contributed by atoms with E-state index in [0.717, 1.165) is 5.69 Å². The van der Waals surface area contributed by atoms with Gasteiger partial charge in [0.2, 0.25) is 0 Å². The summed E-state index contributed by atoms with van der Waals surface area (Å²) in [4.78, 5) is 12.5. The van der Waals surface area contributed by atoms with Gasteiger partial charge in [0.25, 0.3) is 0 Å². The highest BCUT2D eigenvalue weighted by molar-refractivity contribution is 7.18. The number of carbonyl (C=O) groups is 1. The summed E-state index contributed by atoms with van der Waals surface area (Å²) in [5, 5.41) is 3.11. The quantitative estimate of drug-likeness (QED) is 0.847. The van der Waals surface area contributed by atoms with Crippen molar-refractivity contribution < 1.29 is 4.79 Å². The van der Waals surface area contributed by atoms with Crippen molar-refractivity contribution in [3.05, 3.63) is 51.2 Å². The van der Waals surface area contributed by atoms with Gasteiger partial charge in [-0.2, -0.15) is 0 Å². The molecule has 2 nitrogen and oxygen atoms in total. The fraction of sp³-hybridized carbons (Fsp3) is 0.154. The summed E-state index contributed by atoms with van der Waals surface area (Å²) >= 11 is 7.10. The first kappa shape index (κ1) is 12.1. The third kappa shape index (κ3) is 3.32. The molecule has 0 fully saturated rings. The SMILES string of the molecule is Cc1cccc(NCC(=O)c2ccc(Cl)s2)c1. The van der Waals surface area contributed by atoms with E-state index in [9.17, 15) is 4.79 Å². The summed E-state index contributed by atoms with van der Waals surface area (Å²) in [5.41, 5.74) is 2.13. The van der Waals surface area contributed by atoms with Crippen LogP contribution in [0.3, 0.4) is 0 Å². The van der Waals surface area contributed by atoms with Gasteiger partial charge in [0, 0.05) is 5.69 Å². The molecule has 1 aromatic carbocycles. The molecule has 0 saturated carbocycles. The highest BCUT2D eigenvalue weighted by atomic mass is 35.5. The van der Waals surface area contributed by atoms with Gasteiger partial charge in [0.15, 0.2) is 5.78 Å². The molecule has 0 amide bonds. The Hall–Kier alpha value is -1.32. The highest BCUT2D eigenvalue weighted by Gasteiger charge is 2.08. The van der Waals surface area contributed by atoms with Crippen molar-refractivity contribution in [3.63, 3.8) is 0 Å². The maximum Gasteiger partial charge on any atom is 0.191 e. The number of halogens is 1. The van der Waals surface area contributed by atoms with E-state index >= 15 is 0 Å². The van der Waals surface area contributed by atoms with E-state index in [0.29, 0.717) is 15.8 Å². The van der Waals surface area contributed by atoms with Gasteiger partial charge in [-0.1, -0.05) is 23.7 Å². The largest absolute Gasteiger partial charge is 0.378 e. The first-order chi connectivity index (χ1) is 8.15. The molecule has 0 aliphatic carbocycles. The lowest BCUT2D eigenvalue weighted by Gasteiger charge is -2.05. The van der Waals surface area contributed by atoms with Crippen LogP contribution < -0.4 is 5.32 Å². The molecule has 0 saturated heterocycles. The lowest BCUT2D eigenvalue weighted by molar-refractivity contribution is 0.101. The van der Waals surface area contributed by atoms with Crippen LogP contribution in [-0.2, 0) is 0 Å². The number of carbonyl (C=O) groups excluding carboxylic acids is 1. The van der Waals surface area contributed by atoms with Crippen LogP contribution in [0.15, 0.2) is 36.4 Å². The number of rotatable bonds is 4. The Labute approximate surface area is 109 Å². The Balaban J connectivity index is 1.97. The number of hydrogen-bond acceptors (Lipinski definition) is 3. The van der Waals surface area contributed by atoms with E-state index in [1.54, 1.807) is 12.1 Å². The predicted molar refractivity (Wildman–Crippen MR) is 73.3 cm³/mol. The van der Waals surface area contributed by atoms with Gasteiger partial charge in [-0.3, -0.25) is 4.79 Å². The molecule has 0 aliphatic rings. The van der Waals surface area contributed by atoms with E-state index in [-0.39, 0.29) is 5.78 Å².